The van der Waals surface area contributed by atoms with E-state index in [1.807, 2.05) is 0 Å². The summed E-state index contributed by atoms with van der Waals surface area (Å²) in [5.41, 5.74) is 6.37. The molecule has 0 radical (unpaired) electrons. The molecule has 0 aromatic carbocycles. The van der Waals surface area contributed by atoms with Gasteiger partial charge in [-0.05, 0) is 12.1 Å². The van der Waals surface area contributed by atoms with Gasteiger partial charge in [0.05, 0.1) is 18.4 Å². The molecule has 0 atom stereocenters. The van der Waals surface area contributed by atoms with Gasteiger partial charge in [0, 0.05) is 12.7 Å². The van der Waals surface area contributed by atoms with E-state index in [0.717, 1.165) is 0 Å². The quantitative estimate of drug-likeness (QED) is 0.719. The molecule has 72 valence electrons. The highest BCUT2D eigenvalue weighted by Crippen LogP contribution is 2.05. The fraction of sp³-hybridized carbons (Fsp3) is 0.250. The summed E-state index contributed by atoms with van der Waals surface area (Å²) in [6, 6.07) is 3.31. The number of pyridine rings is 1. The monoisotopic (exact) mass is 202 g/mol. The summed E-state index contributed by atoms with van der Waals surface area (Å²) in [4.78, 5) is 15.0. The molecule has 0 aliphatic carbocycles. The van der Waals surface area contributed by atoms with E-state index >= 15 is 0 Å². The number of carbonyl (C=O) groups is 1. The molecule has 1 aromatic rings. The molecule has 4 nitrogen and oxygen atoms in total. The summed E-state index contributed by atoms with van der Waals surface area (Å²) in [5, 5.41) is 0. The third-order valence-corrected chi connectivity index (χ3v) is 1.49. The van der Waals surface area contributed by atoms with Crippen LogP contribution in [0.25, 0.3) is 0 Å². The fourth-order valence-corrected chi connectivity index (χ4v) is 0.896. The zero-order valence-corrected chi connectivity index (χ0v) is 8.00. The number of hydrogen-bond donors (Lipinski definition) is 1. The van der Waals surface area contributed by atoms with Crippen LogP contribution >= 0.6 is 12.4 Å². The molecule has 0 amide bonds. The summed E-state index contributed by atoms with van der Waals surface area (Å²) in [5.74, 6) is -0.399. The molecule has 1 rings (SSSR count). The van der Waals surface area contributed by atoms with Crippen LogP contribution in [-0.4, -0.2) is 18.1 Å². The smallest absolute Gasteiger partial charge is 0.339 e. The van der Waals surface area contributed by atoms with Gasteiger partial charge in [0.15, 0.2) is 0 Å². The molecule has 1 heterocycles. The highest BCUT2D eigenvalue weighted by Gasteiger charge is 2.09. The van der Waals surface area contributed by atoms with Gasteiger partial charge >= 0.3 is 5.97 Å². The van der Waals surface area contributed by atoms with E-state index in [9.17, 15) is 4.79 Å². The van der Waals surface area contributed by atoms with Crippen molar-refractivity contribution in [1.29, 1.82) is 0 Å². The predicted octanol–water partition coefficient (Wildman–Crippen LogP) is 0.749. The number of carbonyl (C=O) groups excluding carboxylic acids is 1. The van der Waals surface area contributed by atoms with Crippen LogP contribution in [-0.2, 0) is 11.3 Å². The van der Waals surface area contributed by atoms with E-state index in [4.69, 9.17) is 5.73 Å². The topological polar surface area (TPSA) is 65.2 Å². The van der Waals surface area contributed by atoms with Crippen LogP contribution in [0.1, 0.15) is 16.1 Å². The molecule has 0 fully saturated rings. The van der Waals surface area contributed by atoms with E-state index < -0.39 is 5.97 Å². The molecule has 2 N–H and O–H groups in total. The predicted molar refractivity (Wildman–Crippen MR) is 50.7 cm³/mol. The van der Waals surface area contributed by atoms with Gasteiger partial charge in [-0.2, -0.15) is 0 Å². The minimum Gasteiger partial charge on any atom is -0.465 e. The van der Waals surface area contributed by atoms with E-state index in [2.05, 4.69) is 9.72 Å². The Morgan fingerprint density at radius 1 is 1.69 bits per heavy atom. The van der Waals surface area contributed by atoms with Crippen molar-refractivity contribution in [2.75, 3.05) is 7.11 Å². The van der Waals surface area contributed by atoms with Gasteiger partial charge < -0.3 is 10.5 Å². The van der Waals surface area contributed by atoms with Crippen molar-refractivity contribution in [3.63, 3.8) is 0 Å². The van der Waals surface area contributed by atoms with Crippen molar-refractivity contribution in [3.05, 3.63) is 29.6 Å². The van der Waals surface area contributed by atoms with Gasteiger partial charge in [0.2, 0.25) is 0 Å². The number of aromatic nitrogens is 1. The molecule has 0 spiro atoms. The molecule has 13 heavy (non-hydrogen) atoms. The first-order valence-electron chi connectivity index (χ1n) is 3.52. The Hall–Kier alpha value is -1.13. The maximum absolute atomic E-state index is 11.1. The Morgan fingerprint density at radius 3 is 2.92 bits per heavy atom. The number of ether oxygens (including phenoxy) is 1. The molecule has 1 aromatic heterocycles. The Labute approximate surface area is 82.5 Å². The zero-order chi connectivity index (χ0) is 8.97. The number of hydrogen-bond acceptors (Lipinski definition) is 4. The second-order valence-corrected chi connectivity index (χ2v) is 2.19. The van der Waals surface area contributed by atoms with Gasteiger partial charge in [-0.3, -0.25) is 4.98 Å². The minimum absolute atomic E-state index is 0. The van der Waals surface area contributed by atoms with Crippen LogP contribution in [0.5, 0.6) is 0 Å². The van der Waals surface area contributed by atoms with Crippen molar-refractivity contribution in [2.45, 2.75) is 6.54 Å². The number of nitrogens with zero attached hydrogens (tertiary/aromatic N) is 1. The van der Waals surface area contributed by atoms with Crippen LogP contribution in [0.3, 0.4) is 0 Å². The van der Waals surface area contributed by atoms with Crippen LogP contribution in [0.15, 0.2) is 18.3 Å². The maximum Gasteiger partial charge on any atom is 0.339 e. The van der Waals surface area contributed by atoms with Crippen LogP contribution < -0.4 is 5.73 Å². The highest BCUT2D eigenvalue weighted by atomic mass is 35.5. The molecule has 0 aliphatic heterocycles. The largest absolute Gasteiger partial charge is 0.465 e. The Bertz CT molecular complexity index is 291. The van der Waals surface area contributed by atoms with E-state index in [1.165, 1.54) is 7.11 Å². The van der Waals surface area contributed by atoms with E-state index in [1.54, 1.807) is 18.3 Å². The molecule has 5 heteroatoms. The fourth-order valence-electron chi connectivity index (χ4n) is 0.896. The highest BCUT2D eigenvalue weighted by molar-refractivity contribution is 5.90. The Balaban J connectivity index is 0.00000144. The number of rotatable bonds is 2. The molecule has 0 saturated carbocycles. The second-order valence-electron chi connectivity index (χ2n) is 2.19. The summed E-state index contributed by atoms with van der Waals surface area (Å²) >= 11 is 0. The lowest BCUT2D eigenvalue weighted by molar-refractivity contribution is 0.0599. The number of halogens is 1. The van der Waals surface area contributed by atoms with Gasteiger partial charge in [0.25, 0.3) is 0 Å². The number of nitrogens with two attached hydrogens (primary N) is 1. The summed E-state index contributed by atoms with van der Waals surface area (Å²) in [6.45, 7) is 0.241. The molecular weight excluding hydrogens is 192 g/mol. The van der Waals surface area contributed by atoms with E-state index in [0.29, 0.717) is 11.3 Å². The Morgan fingerprint density at radius 2 is 2.38 bits per heavy atom. The standard InChI is InChI=1S/C8H10N2O2.ClH/c1-12-8(11)6-3-2-4-10-7(6)5-9;/h2-4H,5,9H2,1H3;1H. The molecule has 0 unspecified atom stereocenters. The lowest BCUT2D eigenvalue weighted by Gasteiger charge is -2.02. The third-order valence-electron chi connectivity index (χ3n) is 1.49. The molecule has 0 aliphatic rings. The average Bonchev–Trinajstić information content (AvgIpc) is 2.16. The Kier molecular flexibility index (Phi) is 5.03. The van der Waals surface area contributed by atoms with E-state index in [-0.39, 0.29) is 19.0 Å². The van der Waals surface area contributed by atoms with Crippen LogP contribution in [0, 0.1) is 0 Å². The van der Waals surface area contributed by atoms with Crippen molar-refractivity contribution in [2.24, 2.45) is 5.73 Å². The summed E-state index contributed by atoms with van der Waals surface area (Å²) < 4.78 is 4.54. The first kappa shape index (κ1) is 11.9. The summed E-state index contributed by atoms with van der Waals surface area (Å²) in [6.07, 6.45) is 1.59. The summed E-state index contributed by atoms with van der Waals surface area (Å²) in [7, 11) is 1.33. The van der Waals surface area contributed by atoms with Crippen LogP contribution in [0.2, 0.25) is 0 Å². The minimum atomic E-state index is -0.399. The number of esters is 1. The average molecular weight is 203 g/mol. The van der Waals surface area contributed by atoms with Crippen molar-refractivity contribution < 1.29 is 9.53 Å². The van der Waals surface area contributed by atoms with Crippen molar-refractivity contribution in [3.8, 4) is 0 Å². The first-order valence-corrected chi connectivity index (χ1v) is 3.52. The van der Waals surface area contributed by atoms with Crippen molar-refractivity contribution in [1.82, 2.24) is 4.98 Å². The lowest BCUT2D eigenvalue weighted by Crippen LogP contribution is -2.10. The normalized spacial score (nSPS) is 8.77. The number of methoxy groups -OCH3 is 1. The van der Waals surface area contributed by atoms with Gasteiger partial charge in [-0.15, -0.1) is 12.4 Å². The SMILES string of the molecule is COC(=O)c1cccnc1CN.Cl. The molecular formula is C8H11ClN2O2. The second kappa shape index (κ2) is 5.50. The maximum atomic E-state index is 11.1. The lowest BCUT2D eigenvalue weighted by atomic mass is 10.2. The van der Waals surface area contributed by atoms with Gasteiger partial charge in [-0.1, -0.05) is 0 Å². The van der Waals surface area contributed by atoms with Crippen LogP contribution in [0.4, 0.5) is 0 Å². The molecule has 0 bridgehead atoms. The first-order chi connectivity index (χ1) is 5.79. The van der Waals surface area contributed by atoms with Gasteiger partial charge in [-0.25, -0.2) is 4.79 Å². The zero-order valence-electron chi connectivity index (χ0n) is 7.19. The molecule has 0 saturated heterocycles. The van der Waals surface area contributed by atoms with Crippen molar-refractivity contribution >= 4 is 18.4 Å². The van der Waals surface area contributed by atoms with Gasteiger partial charge in [0.1, 0.15) is 0 Å². The third kappa shape index (κ3) is 2.68.